The molecule has 0 aliphatic heterocycles. The van der Waals surface area contributed by atoms with E-state index in [-0.39, 0.29) is 0 Å². The molecule has 142 valence electrons. The fraction of sp³-hybridized carbons (Fsp3) is 0.947. The summed E-state index contributed by atoms with van der Waals surface area (Å²) in [5, 5.41) is 17.3. The zero-order valence-electron chi connectivity index (χ0n) is 16.3. The Hall–Kier alpha value is -0.810. The lowest BCUT2D eigenvalue weighted by molar-refractivity contribution is 0.0417. The minimum Gasteiger partial charge on any atom is -0.388 e. The minimum absolute atomic E-state index is 0.331. The Labute approximate surface area is 148 Å². The van der Waals surface area contributed by atoms with Crippen molar-refractivity contribution in [2.24, 2.45) is 10.4 Å². The second-order valence-corrected chi connectivity index (χ2v) is 7.13. The number of nitrogens with zero attached hydrogens (tertiary/aromatic N) is 1. The molecule has 0 aromatic carbocycles. The van der Waals surface area contributed by atoms with Crippen LogP contribution in [0.1, 0.15) is 72.6 Å². The van der Waals surface area contributed by atoms with Crippen LogP contribution < -0.4 is 10.6 Å². The molecule has 0 saturated heterocycles. The molecule has 24 heavy (non-hydrogen) atoms. The molecule has 1 rings (SSSR count). The molecule has 1 aliphatic carbocycles. The maximum absolute atomic E-state index is 10.4. The van der Waals surface area contributed by atoms with Crippen molar-refractivity contribution in [1.82, 2.24) is 10.6 Å². The van der Waals surface area contributed by atoms with Crippen LogP contribution in [0.2, 0.25) is 0 Å². The van der Waals surface area contributed by atoms with Crippen molar-refractivity contribution in [3.8, 4) is 0 Å². The number of aliphatic hydroxyl groups is 1. The van der Waals surface area contributed by atoms with Gasteiger partial charge in [0, 0.05) is 26.3 Å². The van der Waals surface area contributed by atoms with Gasteiger partial charge in [-0.2, -0.15) is 0 Å². The summed E-state index contributed by atoms with van der Waals surface area (Å²) >= 11 is 0. The maximum Gasteiger partial charge on any atom is 0.191 e. The number of aliphatic imine (C=N–C) groups is 1. The zero-order valence-corrected chi connectivity index (χ0v) is 16.3. The number of hydrogen-bond acceptors (Lipinski definition) is 3. The molecule has 1 fully saturated rings. The molecule has 1 aliphatic rings. The van der Waals surface area contributed by atoms with Gasteiger partial charge in [-0.25, -0.2) is 0 Å². The summed E-state index contributed by atoms with van der Waals surface area (Å²) in [7, 11) is 0. The molecule has 0 aromatic heterocycles. The first-order chi connectivity index (χ1) is 11.5. The highest BCUT2D eigenvalue weighted by Gasteiger charge is 2.33. The van der Waals surface area contributed by atoms with Crippen molar-refractivity contribution in [1.29, 1.82) is 0 Å². The van der Waals surface area contributed by atoms with E-state index in [1.54, 1.807) is 0 Å². The van der Waals surface area contributed by atoms with Gasteiger partial charge in [0.1, 0.15) is 0 Å². The van der Waals surface area contributed by atoms with E-state index in [2.05, 4.69) is 29.5 Å². The average molecular weight is 342 g/mol. The highest BCUT2D eigenvalue weighted by Crippen LogP contribution is 2.40. The summed E-state index contributed by atoms with van der Waals surface area (Å²) in [6.07, 6.45) is 7.72. The predicted octanol–water partition coefficient (Wildman–Crippen LogP) is 3.08. The smallest absolute Gasteiger partial charge is 0.191 e. The van der Waals surface area contributed by atoms with Gasteiger partial charge in [-0.1, -0.05) is 26.7 Å². The number of ether oxygens (including phenoxy) is 1. The van der Waals surface area contributed by atoms with Crippen LogP contribution >= 0.6 is 0 Å². The summed E-state index contributed by atoms with van der Waals surface area (Å²) in [5.41, 5.74) is -0.362. The van der Waals surface area contributed by atoms with Gasteiger partial charge in [-0.15, -0.1) is 0 Å². The topological polar surface area (TPSA) is 65.9 Å². The number of nitrogens with one attached hydrogen (secondary N) is 2. The number of rotatable bonds is 11. The van der Waals surface area contributed by atoms with Crippen LogP contribution in [0.3, 0.4) is 0 Å². The van der Waals surface area contributed by atoms with Gasteiger partial charge in [0.15, 0.2) is 5.96 Å². The highest BCUT2D eigenvalue weighted by atomic mass is 16.5. The van der Waals surface area contributed by atoms with Crippen molar-refractivity contribution in [3.05, 3.63) is 0 Å². The molecular weight excluding hydrogens is 302 g/mol. The molecule has 0 spiro atoms. The first kappa shape index (κ1) is 21.2. The van der Waals surface area contributed by atoms with Crippen molar-refractivity contribution in [3.63, 3.8) is 0 Å². The van der Waals surface area contributed by atoms with Crippen molar-refractivity contribution in [2.75, 3.05) is 32.8 Å². The van der Waals surface area contributed by atoms with Crippen molar-refractivity contribution in [2.45, 2.75) is 78.2 Å². The summed E-state index contributed by atoms with van der Waals surface area (Å²) in [6, 6.07) is 0. The third kappa shape index (κ3) is 6.98. The Kier molecular flexibility index (Phi) is 9.67. The van der Waals surface area contributed by atoms with Gasteiger partial charge >= 0.3 is 0 Å². The summed E-state index contributed by atoms with van der Waals surface area (Å²) in [6.45, 7) is 12.0. The first-order valence-electron chi connectivity index (χ1n) is 9.85. The molecule has 0 unspecified atom stereocenters. The lowest BCUT2D eigenvalue weighted by Crippen LogP contribution is -2.44. The Morgan fingerprint density at radius 2 is 1.79 bits per heavy atom. The molecule has 0 radical (unpaired) electrons. The SMILES string of the molecule is CCNC(=NCC(O)(CC)CC)NCC1(CCOCC)CCCC1. The van der Waals surface area contributed by atoms with E-state index in [1.807, 2.05) is 13.8 Å². The minimum atomic E-state index is -0.692. The number of hydrogen-bond donors (Lipinski definition) is 3. The third-order valence-electron chi connectivity index (χ3n) is 5.47. The van der Waals surface area contributed by atoms with E-state index >= 15 is 0 Å². The normalized spacial score (nSPS) is 18.0. The van der Waals surface area contributed by atoms with Crippen LogP contribution in [-0.2, 0) is 4.74 Å². The van der Waals surface area contributed by atoms with Gasteiger partial charge in [-0.3, -0.25) is 4.99 Å². The molecule has 5 heteroatoms. The average Bonchev–Trinajstić information content (AvgIpc) is 3.06. The van der Waals surface area contributed by atoms with E-state index in [0.29, 0.717) is 12.0 Å². The van der Waals surface area contributed by atoms with Gasteiger partial charge in [0.2, 0.25) is 0 Å². The molecule has 3 N–H and O–H groups in total. The van der Waals surface area contributed by atoms with Crippen molar-refractivity contribution < 1.29 is 9.84 Å². The van der Waals surface area contributed by atoms with Gasteiger partial charge in [0.25, 0.3) is 0 Å². The van der Waals surface area contributed by atoms with E-state index in [0.717, 1.165) is 51.5 Å². The summed E-state index contributed by atoms with van der Waals surface area (Å²) in [5.74, 6) is 0.820. The van der Waals surface area contributed by atoms with E-state index < -0.39 is 5.60 Å². The van der Waals surface area contributed by atoms with Crippen LogP contribution in [0.25, 0.3) is 0 Å². The quantitative estimate of drug-likeness (QED) is 0.307. The van der Waals surface area contributed by atoms with Crippen molar-refractivity contribution >= 4 is 5.96 Å². The lowest BCUT2D eigenvalue weighted by atomic mass is 9.83. The van der Waals surface area contributed by atoms with Crippen LogP contribution in [0, 0.1) is 5.41 Å². The maximum atomic E-state index is 10.4. The Morgan fingerprint density at radius 3 is 2.33 bits per heavy atom. The fourth-order valence-electron chi connectivity index (χ4n) is 3.39. The molecule has 0 bridgehead atoms. The van der Waals surface area contributed by atoms with E-state index in [1.165, 1.54) is 25.7 Å². The molecule has 5 nitrogen and oxygen atoms in total. The van der Waals surface area contributed by atoms with Gasteiger partial charge < -0.3 is 20.5 Å². The predicted molar refractivity (Wildman–Crippen MR) is 102 cm³/mol. The Morgan fingerprint density at radius 1 is 1.12 bits per heavy atom. The summed E-state index contributed by atoms with van der Waals surface area (Å²) in [4.78, 5) is 4.63. The highest BCUT2D eigenvalue weighted by molar-refractivity contribution is 5.79. The van der Waals surface area contributed by atoms with Gasteiger partial charge in [0.05, 0.1) is 12.1 Å². The molecule has 1 saturated carbocycles. The number of guanidine groups is 1. The Bertz CT molecular complexity index is 362. The van der Waals surface area contributed by atoms with Crippen LogP contribution in [0.4, 0.5) is 0 Å². The molecule has 0 amide bonds. The first-order valence-corrected chi connectivity index (χ1v) is 9.85. The molecule has 0 atom stereocenters. The largest absolute Gasteiger partial charge is 0.388 e. The van der Waals surface area contributed by atoms with E-state index in [4.69, 9.17) is 4.74 Å². The standard InChI is InChI=1S/C19H39N3O2/c1-5-19(23,6-2)16-22-17(20-7-3)21-15-18(11-9-10-12-18)13-14-24-8-4/h23H,5-16H2,1-4H3,(H2,20,21,22). The van der Waals surface area contributed by atoms with Crippen LogP contribution in [0.5, 0.6) is 0 Å². The zero-order chi connectivity index (χ0) is 17.9. The monoisotopic (exact) mass is 341 g/mol. The molecule has 0 aromatic rings. The second-order valence-electron chi connectivity index (χ2n) is 7.13. The molecule has 0 heterocycles. The lowest BCUT2D eigenvalue weighted by Gasteiger charge is -2.30. The third-order valence-corrected chi connectivity index (χ3v) is 5.47. The van der Waals surface area contributed by atoms with Crippen LogP contribution in [-0.4, -0.2) is 49.5 Å². The van der Waals surface area contributed by atoms with Crippen LogP contribution in [0.15, 0.2) is 4.99 Å². The fourth-order valence-corrected chi connectivity index (χ4v) is 3.39. The second kappa shape index (κ2) is 10.9. The molecular formula is C19H39N3O2. The Balaban J connectivity index is 2.62. The summed E-state index contributed by atoms with van der Waals surface area (Å²) < 4.78 is 5.59. The van der Waals surface area contributed by atoms with E-state index in [9.17, 15) is 5.11 Å². The van der Waals surface area contributed by atoms with Gasteiger partial charge in [-0.05, 0) is 51.4 Å².